The third-order valence-corrected chi connectivity index (χ3v) is 5.40. The van der Waals surface area contributed by atoms with Gasteiger partial charge < -0.3 is 0 Å². The molecule has 4 atom stereocenters. The summed E-state index contributed by atoms with van der Waals surface area (Å²) in [6.45, 7) is 3.82. The number of imide groups is 1. The molecule has 0 N–H and O–H groups in total. The monoisotopic (exact) mass is 311 g/mol. The van der Waals surface area contributed by atoms with Crippen molar-refractivity contribution < 1.29 is 19.2 Å². The zero-order valence-electron chi connectivity index (χ0n) is 13.0. The lowest BCUT2D eigenvalue weighted by atomic mass is 9.58. The van der Waals surface area contributed by atoms with Gasteiger partial charge in [-0.05, 0) is 37.1 Å². The standard InChI is InChI=1S/C18H17NO4/c1-8-3-9(2)5-10(4-8)19-17(22)15-11-6-13(20)12(7-14(11)21)16(15)18(19)23/h3-5,11-12,15-16H,6-7H2,1-2H3/t11-,12+,15-,16-/m0/s1. The van der Waals surface area contributed by atoms with E-state index in [1.54, 1.807) is 12.1 Å². The Hall–Kier alpha value is -2.30. The van der Waals surface area contributed by atoms with E-state index in [0.29, 0.717) is 5.69 Å². The van der Waals surface area contributed by atoms with Gasteiger partial charge in [-0.2, -0.15) is 0 Å². The molecule has 1 saturated heterocycles. The van der Waals surface area contributed by atoms with E-state index in [9.17, 15) is 19.2 Å². The third kappa shape index (κ3) is 1.85. The molecule has 5 heteroatoms. The maximum atomic E-state index is 12.9. The number of hydrogen-bond acceptors (Lipinski definition) is 4. The van der Waals surface area contributed by atoms with Crippen molar-refractivity contribution in [3.05, 3.63) is 29.3 Å². The number of carbonyl (C=O) groups excluding carboxylic acids is 4. The summed E-state index contributed by atoms with van der Waals surface area (Å²) in [7, 11) is 0. The Bertz CT molecular complexity index is 721. The number of Topliss-reactive ketones (excluding diaryl/α,β-unsaturated/α-hetero) is 2. The van der Waals surface area contributed by atoms with Crippen LogP contribution < -0.4 is 4.90 Å². The van der Waals surface area contributed by atoms with Crippen molar-refractivity contribution in [3.63, 3.8) is 0 Å². The van der Waals surface area contributed by atoms with Crippen LogP contribution in [-0.4, -0.2) is 23.4 Å². The highest BCUT2D eigenvalue weighted by molar-refractivity contribution is 6.25. The van der Waals surface area contributed by atoms with Crippen LogP contribution in [0.4, 0.5) is 5.69 Å². The number of nitrogens with zero attached hydrogens (tertiary/aromatic N) is 1. The molecule has 0 radical (unpaired) electrons. The smallest absolute Gasteiger partial charge is 0.238 e. The van der Waals surface area contributed by atoms with E-state index < -0.39 is 23.7 Å². The van der Waals surface area contributed by atoms with E-state index in [0.717, 1.165) is 11.1 Å². The van der Waals surface area contributed by atoms with Gasteiger partial charge in [0.2, 0.25) is 11.8 Å². The fourth-order valence-corrected chi connectivity index (χ4v) is 4.51. The van der Waals surface area contributed by atoms with Crippen molar-refractivity contribution in [2.75, 3.05) is 4.90 Å². The van der Waals surface area contributed by atoms with Crippen LogP contribution in [0.25, 0.3) is 0 Å². The first-order valence-corrected chi connectivity index (χ1v) is 7.90. The fraction of sp³-hybridized carbons (Fsp3) is 0.444. The largest absolute Gasteiger partial charge is 0.299 e. The average Bonchev–Trinajstić information content (AvgIpc) is 2.72. The molecular weight excluding hydrogens is 294 g/mol. The Balaban J connectivity index is 1.80. The normalized spacial score (nSPS) is 32.7. The quantitative estimate of drug-likeness (QED) is 0.738. The highest BCUT2D eigenvalue weighted by Crippen LogP contribution is 2.50. The fourth-order valence-electron chi connectivity index (χ4n) is 4.51. The van der Waals surface area contributed by atoms with Crippen LogP contribution in [0, 0.1) is 37.5 Å². The number of carbonyl (C=O) groups is 4. The number of benzene rings is 1. The van der Waals surface area contributed by atoms with Gasteiger partial charge in [-0.15, -0.1) is 0 Å². The molecule has 4 aliphatic rings. The topological polar surface area (TPSA) is 71.5 Å². The number of fused-ring (bicyclic) bond motifs is 2. The predicted molar refractivity (Wildman–Crippen MR) is 81.6 cm³/mol. The van der Waals surface area contributed by atoms with Crippen LogP contribution >= 0.6 is 0 Å². The molecule has 0 aromatic heterocycles. The second-order valence-electron chi connectivity index (χ2n) is 6.96. The van der Waals surface area contributed by atoms with Crippen LogP contribution in [0.3, 0.4) is 0 Å². The SMILES string of the molecule is Cc1cc(C)cc(N2C(=O)[C@@H]3[C@@H](C2=O)[C@H]2CC(=O)[C@H]3CC2=O)c1. The van der Waals surface area contributed by atoms with Crippen LogP contribution in [0.1, 0.15) is 24.0 Å². The second kappa shape index (κ2) is 4.60. The minimum atomic E-state index is -0.646. The van der Waals surface area contributed by atoms with E-state index in [4.69, 9.17) is 0 Å². The third-order valence-electron chi connectivity index (χ3n) is 5.40. The summed E-state index contributed by atoms with van der Waals surface area (Å²) in [4.78, 5) is 51.1. The number of hydrogen-bond donors (Lipinski definition) is 0. The summed E-state index contributed by atoms with van der Waals surface area (Å²) >= 11 is 0. The predicted octanol–water partition coefficient (Wildman–Crippen LogP) is 1.59. The number of aryl methyl sites for hydroxylation is 2. The lowest BCUT2D eigenvalue weighted by Gasteiger charge is -2.40. The van der Waals surface area contributed by atoms with Crippen molar-refractivity contribution in [1.29, 1.82) is 0 Å². The van der Waals surface area contributed by atoms with Crippen molar-refractivity contribution in [2.45, 2.75) is 26.7 Å². The van der Waals surface area contributed by atoms with Crippen molar-refractivity contribution in [2.24, 2.45) is 23.7 Å². The molecule has 1 aliphatic heterocycles. The Morgan fingerprint density at radius 3 is 1.65 bits per heavy atom. The van der Waals surface area contributed by atoms with Gasteiger partial charge in [0, 0.05) is 24.7 Å². The van der Waals surface area contributed by atoms with Gasteiger partial charge in [0.15, 0.2) is 0 Å². The molecule has 5 nitrogen and oxygen atoms in total. The molecule has 1 heterocycles. The molecule has 5 rings (SSSR count). The first-order valence-electron chi connectivity index (χ1n) is 7.90. The number of amides is 2. The van der Waals surface area contributed by atoms with E-state index in [-0.39, 0.29) is 36.2 Å². The van der Waals surface area contributed by atoms with Gasteiger partial charge in [-0.1, -0.05) is 6.07 Å². The molecule has 0 spiro atoms. The minimum Gasteiger partial charge on any atom is -0.299 e. The molecule has 23 heavy (non-hydrogen) atoms. The highest BCUT2D eigenvalue weighted by atomic mass is 16.2. The Labute approximate surface area is 133 Å². The summed E-state index contributed by atoms with van der Waals surface area (Å²) in [5.74, 6) is -3.23. The van der Waals surface area contributed by atoms with Crippen LogP contribution in [-0.2, 0) is 19.2 Å². The average molecular weight is 311 g/mol. The maximum Gasteiger partial charge on any atom is 0.238 e. The number of anilines is 1. The minimum absolute atomic E-state index is 0.0423. The molecule has 1 aromatic rings. The molecule has 0 unspecified atom stereocenters. The molecule has 118 valence electrons. The summed E-state index contributed by atoms with van der Waals surface area (Å²) in [6.07, 6.45) is 0.231. The molecule has 4 fully saturated rings. The molecule has 1 aromatic carbocycles. The van der Waals surface area contributed by atoms with Crippen molar-refractivity contribution >= 4 is 29.1 Å². The van der Waals surface area contributed by atoms with E-state index >= 15 is 0 Å². The summed E-state index contributed by atoms with van der Waals surface area (Å²) in [6, 6.07) is 5.57. The van der Waals surface area contributed by atoms with Crippen molar-refractivity contribution in [3.8, 4) is 0 Å². The van der Waals surface area contributed by atoms with Gasteiger partial charge in [0.05, 0.1) is 17.5 Å². The van der Waals surface area contributed by atoms with Crippen LogP contribution in [0.5, 0.6) is 0 Å². The van der Waals surface area contributed by atoms with E-state index in [1.807, 2.05) is 19.9 Å². The first-order chi connectivity index (χ1) is 10.9. The van der Waals surface area contributed by atoms with Gasteiger partial charge in [-0.25, -0.2) is 4.90 Å². The zero-order chi connectivity index (χ0) is 16.5. The van der Waals surface area contributed by atoms with E-state index in [2.05, 4.69) is 0 Å². The second-order valence-corrected chi connectivity index (χ2v) is 6.96. The summed E-state index contributed by atoms with van der Waals surface area (Å²) in [5.41, 5.74) is 2.47. The van der Waals surface area contributed by atoms with Crippen LogP contribution in [0.15, 0.2) is 18.2 Å². The number of ketones is 2. The lowest BCUT2D eigenvalue weighted by Crippen LogP contribution is -2.51. The van der Waals surface area contributed by atoms with Crippen molar-refractivity contribution in [1.82, 2.24) is 0 Å². The number of rotatable bonds is 1. The molecular formula is C18H17NO4. The maximum absolute atomic E-state index is 12.9. The molecule has 2 amide bonds. The molecule has 3 saturated carbocycles. The lowest BCUT2D eigenvalue weighted by molar-refractivity contribution is -0.153. The Morgan fingerprint density at radius 1 is 0.783 bits per heavy atom. The Kier molecular flexibility index (Phi) is 2.86. The zero-order valence-corrected chi connectivity index (χ0v) is 13.0. The van der Waals surface area contributed by atoms with Gasteiger partial charge in [0.1, 0.15) is 11.6 Å². The molecule has 3 aliphatic carbocycles. The van der Waals surface area contributed by atoms with Crippen LogP contribution in [0.2, 0.25) is 0 Å². The van der Waals surface area contributed by atoms with E-state index in [1.165, 1.54) is 4.90 Å². The van der Waals surface area contributed by atoms with Gasteiger partial charge in [-0.3, -0.25) is 19.2 Å². The highest BCUT2D eigenvalue weighted by Gasteiger charge is 2.63. The molecule has 2 bridgehead atoms. The Morgan fingerprint density at radius 2 is 1.22 bits per heavy atom. The van der Waals surface area contributed by atoms with Gasteiger partial charge >= 0.3 is 0 Å². The van der Waals surface area contributed by atoms with Gasteiger partial charge in [0.25, 0.3) is 0 Å². The first kappa shape index (κ1) is 14.3. The summed E-state index contributed by atoms with van der Waals surface area (Å²) < 4.78 is 0. The summed E-state index contributed by atoms with van der Waals surface area (Å²) in [5, 5.41) is 0.